The van der Waals surface area contributed by atoms with Crippen LogP contribution in [-0.2, 0) is 9.59 Å². The fourth-order valence-electron chi connectivity index (χ4n) is 3.92. The zero-order valence-electron chi connectivity index (χ0n) is 14.5. The number of amides is 1. The van der Waals surface area contributed by atoms with Gasteiger partial charge in [0, 0.05) is 23.0 Å². The maximum atomic E-state index is 12.8. The van der Waals surface area contributed by atoms with Crippen molar-refractivity contribution in [1.29, 1.82) is 0 Å². The number of hydrogen-bond donors (Lipinski definition) is 1. The molecule has 3 aromatic rings. The Morgan fingerprint density at radius 1 is 1.04 bits per heavy atom. The number of carboxylic acid groups (broad SMARTS) is 1. The molecule has 4 nitrogen and oxygen atoms in total. The number of fused-ring (bicyclic) bond motifs is 1. The van der Waals surface area contributed by atoms with E-state index in [0.717, 1.165) is 16.3 Å². The van der Waals surface area contributed by atoms with Gasteiger partial charge in [0.2, 0.25) is 5.91 Å². The standard InChI is InChI=1S/C22H18ClNO3/c23-17-7-9-18(10-8-17)24-20(13-22(26)27)19(12-21(24)25)16-6-5-14-3-1-2-4-15(14)11-16/h1-11,19-20H,12-13H2,(H,26,27)/t19-,20-/m1/s1. The predicted octanol–water partition coefficient (Wildman–Crippen LogP) is 4.86. The third-order valence-corrected chi connectivity index (χ3v) is 5.40. The SMILES string of the molecule is O=C(O)C[C@@H]1[C@@H](c2ccc3ccccc3c2)CC(=O)N1c1ccc(Cl)cc1. The highest BCUT2D eigenvalue weighted by atomic mass is 35.5. The number of halogens is 1. The fourth-order valence-corrected chi connectivity index (χ4v) is 4.04. The molecule has 1 heterocycles. The summed E-state index contributed by atoms with van der Waals surface area (Å²) < 4.78 is 0. The second kappa shape index (κ2) is 7.05. The van der Waals surface area contributed by atoms with Gasteiger partial charge in [-0.25, -0.2) is 0 Å². The fraction of sp³-hybridized carbons (Fsp3) is 0.182. The number of hydrogen-bond acceptors (Lipinski definition) is 2. The third-order valence-electron chi connectivity index (χ3n) is 5.15. The number of rotatable bonds is 4. The molecule has 1 amide bonds. The van der Waals surface area contributed by atoms with Crippen molar-refractivity contribution in [3.63, 3.8) is 0 Å². The molecule has 5 heteroatoms. The highest BCUT2D eigenvalue weighted by molar-refractivity contribution is 6.30. The summed E-state index contributed by atoms with van der Waals surface area (Å²) in [6, 6.07) is 20.6. The molecule has 0 aromatic heterocycles. The second-order valence-corrected chi connectivity index (χ2v) is 7.26. The molecule has 3 aromatic carbocycles. The number of aliphatic carboxylic acids is 1. The van der Waals surface area contributed by atoms with Crippen molar-refractivity contribution in [2.24, 2.45) is 0 Å². The van der Waals surface area contributed by atoms with Gasteiger partial charge in [-0.1, -0.05) is 54.1 Å². The quantitative estimate of drug-likeness (QED) is 0.704. The van der Waals surface area contributed by atoms with Crippen LogP contribution in [0.15, 0.2) is 66.7 Å². The summed E-state index contributed by atoms with van der Waals surface area (Å²) in [5, 5.41) is 12.2. The topological polar surface area (TPSA) is 57.6 Å². The Balaban J connectivity index is 1.75. The molecule has 0 bridgehead atoms. The zero-order valence-corrected chi connectivity index (χ0v) is 15.3. The van der Waals surface area contributed by atoms with Crippen LogP contribution in [0, 0.1) is 0 Å². The van der Waals surface area contributed by atoms with Crippen molar-refractivity contribution in [1.82, 2.24) is 0 Å². The third kappa shape index (κ3) is 3.40. The number of carbonyl (C=O) groups excluding carboxylic acids is 1. The molecular formula is C22H18ClNO3. The molecule has 0 saturated carbocycles. The molecule has 2 atom stereocenters. The molecule has 0 unspecified atom stereocenters. The van der Waals surface area contributed by atoms with Crippen LogP contribution in [0.3, 0.4) is 0 Å². The van der Waals surface area contributed by atoms with E-state index in [2.05, 4.69) is 6.07 Å². The van der Waals surface area contributed by atoms with E-state index in [-0.39, 0.29) is 18.2 Å². The van der Waals surface area contributed by atoms with Crippen molar-refractivity contribution < 1.29 is 14.7 Å². The smallest absolute Gasteiger partial charge is 0.305 e. The Kier molecular flexibility index (Phi) is 4.58. The number of carboxylic acids is 1. The first-order valence-corrected chi connectivity index (χ1v) is 9.19. The Labute approximate surface area is 162 Å². The number of nitrogens with zero attached hydrogens (tertiary/aromatic N) is 1. The molecule has 136 valence electrons. The van der Waals surface area contributed by atoms with E-state index in [1.165, 1.54) is 0 Å². The first-order chi connectivity index (χ1) is 13.0. The highest BCUT2D eigenvalue weighted by Gasteiger charge is 2.42. The lowest BCUT2D eigenvalue weighted by Gasteiger charge is -2.27. The van der Waals surface area contributed by atoms with E-state index in [9.17, 15) is 14.7 Å². The monoisotopic (exact) mass is 379 g/mol. The normalized spacial score (nSPS) is 19.6. The summed E-state index contributed by atoms with van der Waals surface area (Å²) in [4.78, 5) is 25.9. The van der Waals surface area contributed by atoms with Crippen LogP contribution in [0.25, 0.3) is 10.8 Å². The molecule has 1 aliphatic rings. The van der Waals surface area contributed by atoms with E-state index in [1.807, 2.05) is 36.4 Å². The lowest BCUT2D eigenvalue weighted by atomic mass is 9.88. The van der Waals surface area contributed by atoms with Gasteiger partial charge in [-0.2, -0.15) is 0 Å². The molecule has 1 fully saturated rings. The van der Waals surface area contributed by atoms with E-state index in [0.29, 0.717) is 17.1 Å². The van der Waals surface area contributed by atoms with Crippen LogP contribution in [0.1, 0.15) is 24.3 Å². The average Bonchev–Trinajstić information content (AvgIpc) is 2.97. The Bertz CT molecular complexity index is 1020. The van der Waals surface area contributed by atoms with Gasteiger partial charge in [0.05, 0.1) is 12.5 Å². The van der Waals surface area contributed by atoms with Gasteiger partial charge in [-0.15, -0.1) is 0 Å². The Morgan fingerprint density at radius 2 is 1.74 bits per heavy atom. The van der Waals surface area contributed by atoms with Crippen molar-refractivity contribution in [3.05, 3.63) is 77.3 Å². The van der Waals surface area contributed by atoms with Gasteiger partial charge >= 0.3 is 5.97 Å². The summed E-state index contributed by atoms with van der Waals surface area (Å²) in [6.07, 6.45) is 0.185. The van der Waals surface area contributed by atoms with E-state index in [1.54, 1.807) is 29.2 Å². The largest absolute Gasteiger partial charge is 0.481 e. The second-order valence-electron chi connectivity index (χ2n) is 6.82. The first kappa shape index (κ1) is 17.6. The summed E-state index contributed by atoms with van der Waals surface area (Å²) in [7, 11) is 0. The Morgan fingerprint density at radius 3 is 2.44 bits per heavy atom. The number of carbonyl (C=O) groups is 2. The molecule has 27 heavy (non-hydrogen) atoms. The minimum Gasteiger partial charge on any atom is -0.481 e. The van der Waals surface area contributed by atoms with Crippen LogP contribution < -0.4 is 4.90 Å². The van der Waals surface area contributed by atoms with Gasteiger partial charge in [-0.3, -0.25) is 9.59 Å². The van der Waals surface area contributed by atoms with Gasteiger partial charge in [0.15, 0.2) is 0 Å². The van der Waals surface area contributed by atoms with E-state index in [4.69, 9.17) is 11.6 Å². The molecule has 4 rings (SSSR count). The van der Waals surface area contributed by atoms with Gasteiger partial charge in [0.1, 0.15) is 0 Å². The number of anilines is 1. The molecule has 0 aliphatic carbocycles. The summed E-state index contributed by atoms with van der Waals surface area (Å²) >= 11 is 5.96. The lowest BCUT2D eigenvalue weighted by molar-refractivity contribution is -0.137. The van der Waals surface area contributed by atoms with E-state index >= 15 is 0 Å². The van der Waals surface area contributed by atoms with Crippen LogP contribution in [0.2, 0.25) is 5.02 Å². The summed E-state index contributed by atoms with van der Waals surface area (Å²) in [5.74, 6) is -1.16. The van der Waals surface area contributed by atoms with Crippen molar-refractivity contribution >= 4 is 39.9 Å². The average molecular weight is 380 g/mol. The Hall–Kier alpha value is -2.85. The van der Waals surface area contributed by atoms with Gasteiger partial charge in [-0.05, 0) is 40.6 Å². The molecule has 1 N–H and O–H groups in total. The highest BCUT2D eigenvalue weighted by Crippen LogP contribution is 2.40. The molecular weight excluding hydrogens is 362 g/mol. The maximum Gasteiger partial charge on any atom is 0.305 e. The molecule has 1 saturated heterocycles. The van der Waals surface area contributed by atoms with Crippen molar-refractivity contribution in [2.75, 3.05) is 4.90 Å². The number of benzene rings is 3. The zero-order chi connectivity index (χ0) is 19.0. The molecule has 0 spiro atoms. The maximum absolute atomic E-state index is 12.8. The minimum absolute atomic E-state index is 0.0678. The van der Waals surface area contributed by atoms with Gasteiger partial charge in [0.25, 0.3) is 0 Å². The summed E-state index contributed by atoms with van der Waals surface area (Å²) in [5.41, 5.74) is 1.67. The van der Waals surface area contributed by atoms with Crippen LogP contribution >= 0.6 is 11.6 Å². The minimum atomic E-state index is -0.917. The van der Waals surface area contributed by atoms with Crippen LogP contribution in [0.5, 0.6) is 0 Å². The first-order valence-electron chi connectivity index (χ1n) is 8.81. The summed E-state index contributed by atoms with van der Waals surface area (Å²) in [6.45, 7) is 0. The van der Waals surface area contributed by atoms with Crippen LogP contribution in [0.4, 0.5) is 5.69 Å². The molecule has 1 aliphatic heterocycles. The van der Waals surface area contributed by atoms with Crippen LogP contribution in [-0.4, -0.2) is 23.0 Å². The predicted molar refractivity (Wildman–Crippen MR) is 106 cm³/mol. The van der Waals surface area contributed by atoms with Crippen molar-refractivity contribution in [3.8, 4) is 0 Å². The molecule has 0 radical (unpaired) electrons. The van der Waals surface area contributed by atoms with E-state index < -0.39 is 12.0 Å². The van der Waals surface area contributed by atoms with Crippen molar-refractivity contribution in [2.45, 2.75) is 24.8 Å². The lowest BCUT2D eigenvalue weighted by Crippen LogP contribution is -2.36. The van der Waals surface area contributed by atoms with Gasteiger partial charge < -0.3 is 10.0 Å².